The molecule has 0 bridgehead atoms. The predicted molar refractivity (Wildman–Crippen MR) is 138 cm³/mol. The first kappa shape index (κ1) is 25.1. The Morgan fingerprint density at radius 2 is 1.94 bits per heavy atom. The largest absolute Gasteiger partial charge is 0.425 e. The van der Waals surface area contributed by atoms with E-state index in [0.717, 1.165) is 18.8 Å². The standard InChI is InChI=1S/C29H45N3O2/c1-18-15-21(34-26(33)22(31)9-7-14-32-19(2)30)16-20-17-24-28(5)12-8-11-27(3,4)23(28)10-13-29(24,6)25(18)20/h15-16,22-24,32H,2,7-14,17,30-31H2,1,3-6H3/t22?,23-,24+,28-,29+/m0/s1. The second-order valence-electron chi connectivity index (χ2n) is 12.5. The van der Waals surface area contributed by atoms with Crippen molar-refractivity contribution in [2.45, 2.75) is 97.4 Å². The Kier molecular flexibility index (Phi) is 6.56. The average molecular weight is 468 g/mol. The Hall–Kier alpha value is -2.01. The number of hydrogen-bond donors (Lipinski definition) is 3. The lowest BCUT2D eigenvalue weighted by Gasteiger charge is -2.61. The van der Waals surface area contributed by atoms with Gasteiger partial charge in [-0.25, -0.2) is 4.79 Å². The van der Waals surface area contributed by atoms with Crippen molar-refractivity contribution in [3.05, 3.63) is 41.2 Å². The molecular weight excluding hydrogens is 422 g/mol. The van der Waals surface area contributed by atoms with Crippen molar-refractivity contribution in [1.29, 1.82) is 0 Å². The monoisotopic (exact) mass is 467 g/mol. The Balaban J connectivity index is 1.51. The number of fused-ring (bicyclic) bond motifs is 5. The first-order chi connectivity index (χ1) is 15.9. The number of carbonyl (C=O) groups is 1. The molecule has 0 aromatic heterocycles. The summed E-state index contributed by atoms with van der Waals surface area (Å²) in [6.07, 6.45) is 8.93. The minimum atomic E-state index is -0.648. The average Bonchev–Trinajstić information content (AvgIpc) is 3.04. The van der Waals surface area contributed by atoms with Gasteiger partial charge < -0.3 is 21.5 Å². The molecule has 2 saturated carbocycles. The van der Waals surface area contributed by atoms with Crippen LogP contribution in [0, 0.1) is 29.6 Å². The summed E-state index contributed by atoms with van der Waals surface area (Å²) in [4.78, 5) is 12.7. The summed E-state index contributed by atoms with van der Waals surface area (Å²) < 4.78 is 5.79. The lowest BCUT2D eigenvalue weighted by atomic mass is 9.43. The Bertz CT molecular complexity index is 970. The third-order valence-electron chi connectivity index (χ3n) is 9.74. The van der Waals surface area contributed by atoms with E-state index in [9.17, 15) is 4.79 Å². The van der Waals surface area contributed by atoms with Crippen molar-refractivity contribution < 1.29 is 9.53 Å². The van der Waals surface area contributed by atoms with Crippen LogP contribution in [0.2, 0.25) is 0 Å². The van der Waals surface area contributed by atoms with Crippen molar-refractivity contribution in [1.82, 2.24) is 5.32 Å². The molecule has 0 spiro atoms. The Morgan fingerprint density at radius 1 is 1.21 bits per heavy atom. The number of hydrogen-bond acceptors (Lipinski definition) is 5. The molecule has 0 amide bonds. The molecule has 4 rings (SSSR count). The van der Waals surface area contributed by atoms with Crippen LogP contribution in [0.1, 0.15) is 89.3 Å². The summed E-state index contributed by atoms with van der Waals surface area (Å²) in [6.45, 7) is 16.5. The quantitative estimate of drug-likeness (QED) is 0.295. The second-order valence-corrected chi connectivity index (χ2v) is 12.5. The highest BCUT2D eigenvalue weighted by molar-refractivity contribution is 5.78. The minimum absolute atomic E-state index is 0.205. The second kappa shape index (κ2) is 8.89. The fourth-order valence-electron chi connectivity index (χ4n) is 8.37. The molecule has 0 heterocycles. The van der Waals surface area contributed by atoms with Crippen LogP contribution in [-0.2, 0) is 16.6 Å². The minimum Gasteiger partial charge on any atom is -0.425 e. The van der Waals surface area contributed by atoms with Gasteiger partial charge >= 0.3 is 5.97 Å². The molecule has 0 radical (unpaired) electrons. The zero-order valence-electron chi connectivity index (χ0n) is 21.9. The summed E-state index contributed by atoms with van der Waals surface area (Å²) in [5.41, 5.74) is 16.7. The lowest BCUT2D eigenvalue weighted by Crippen LogP contribution is -2.55. The van der Waals surface area contributed by atoms with Crippen LogP contribution in [0.5, 0.6) is 5.75 Å². The maximum Gasteiger partial charge on any atom is 0.328 e. The van der Waals surface area contributed by atoms with Gasteiger partial charge in [0.05, 0.1) is 5.82 Å². The highest BCUT2D eigenvalue weighted by Gasteiger charge is 2.61. The summed E-state index contributed by atoms with van der Waals surface area (Å²) in [5, 5.41) is 2.96. The van der Waals surface area contributed by atoms with Crippen LogP contribution >= 0.6 is 0 Å². The molecule has 188 valence electrons. The fourth-order valence-corrected chi connectivity index (χ4v) is 8.37. The molecule has 1 aromatic carbocycles. The van der Waals surface area contributed by atoms with E-state index in [4.69, 9.17) is 16.2 Å². The molecule has 0 aliphatic heterocycles. The van der Waals surface area contributed by atoms with Crippen LogP contribution in [0.3, 0.4) is 0 Å². The van der Waals surface area contributed by atoms with Gasteiger partial charge in [-0.15, -0.1) is 0 Å². The van der Waals surface area contributed by atoms with Crippen LogP contribution < -0.4 is 21.5 Å². The van der Waals surface area contributed by atoms with Gasteiger partial charge in [-0.1, -0.05) is 40.7 Å². The van der Waals surface area contributed by atoms with Crippen LogP contribution in [0.15, 0.2) is 24.5 Å². The molecule has 0 saturated heterocycles. The molecule has 5 heteroatoms. The summed E-state index contributed by atoms with van der Waals surface area (Å²) in [5.74, 6) is 2.12. The van der Waals surface area contributed by atoms with Gasteiger partial charge in [-0.2, -0.15) is 0 Å². The number of rotatable bonds is 7. The van der Waals surface area contributed by atoms with E-state index < -0.39 is 6.04 Å². The van der Waals surface area contributed by atoms with E-state index in [0.29, 0.717) is 41.3 Å². The van der Waals surface area contributed by atoms with E-state index in [1.807, 2.05) is 0 Å². The predicted octanol–water partition coefficient (Wildman–Crippen LogP) is 5.08. The fraction of sp³-hybridized carbons (Fsp3) is 0.690. The smallest absolute Gasteiger partial charge is 0.328 e. The molecule has 1 unspecified atom stereocenters. The van der Waals surface area contributed by atoms with Crippen LogP contribution in [0.25, 0.3) is 0 Å². The van der Waals surface area contributed by atoms with Gasteiger partial charge in [-0.3, -0.25) is 0 Å². The van der Waals surface area contributed by atoms with Gasteiger partial charge in [0.25, 0.3) is 0 Å². The number of aryl methyl sites for hydroxylation is 1. The number of ether oxygens (including phenoxy) is 1. The lowest BCUT2D eigenvalue weighted by molar-refractivity contribution is -0.136. The first-order valence-electron chi connectivity index (χ1n) is 13.2. The number of esters is 1. The van der Waals surface area contributed by atoms with Crippen molar-refractivity contribution in [3.63, 3.8) is 0 Å². The van der Waals surface area contributed by atoms with Gasteiger partial charge in [0.1, 0.15) is 11.8 Å². The van der Waals surface area contributed by atoms with Crippen LogP contribution in [0.4, 0.5) is 0 Å². The molecule has 5 nitrogen and oxygen atoms in total. The third kappa shape index (κ3) is 4.25. The Morgan fingerprint density at radius 3 is 2.65 bits per heavy atom. The van der Waals surface area contributed by atoms with E-state index in [2.05, 4.69) is 58.6 Å². The summed E-state index contributed by atoms with van der Waals surface area (Å²) in [6, 6.07) is 3.53. The first-order valence-corrected chi connectivity index (χ1v) is 13.2. The van der Waals surface area contributed by atoms with E-state index in [1.54, 1.807) is 0 Å². The molecule has 5 atom stereocenters. The van der Waals surface area contributed by atoms with E-state index in [-0.39, 0.29) is 11.4 Å². The normalized spacial score (nSPS) is 32.2. The van der Waals surface area contributed by atoms with Crippen LogP contribution in [-0.4, -0.2) is 18.6 Å². The van der Waals surface area contributed by atoms with Gasteiger partial charge in [0.15, 0.2) is 0 Å². The topological polar surface area (TPSA) is 90.4 Å². The highest BCUT2D eigenvalue weighted by atomic mass is 16.5. The van der Waals surface area contributed by atoms with Gasteiger partial charge in [0.2, 0.25) is 0 Å². The Labute approximate surface area is 206 Å². The molecule has 5 N–H and O–H groups in total. The third-order valence-corrected chi connectivity index (χ3v) is 9.74. The van der Waals surface area contributed by atoms with Gasteiger partial charge in [0, 0.05) is 6.54 Å². The summed E-state index contributed by atoms with van der Waals surface area (Å²) >= 11 is 0. The molecular formula is C29H45N3O2. The van der Waals surface area contributed by atoms with Crippen molar-refractivity contribution in [2.24, 2.45) is 34.1 Å². The van der Waals surface area contributed by atoms with Crippen molar-refractivity contribution in [2.75, 3.05) is 6.54 Å². The van der Waals surface area contributed by atoms with E-state index in [1.165, 1.54) is 48.8 Å². The van der Waals surface area contributed by atoms with Crippen molar-refractivity contribution in [3.8, 4) is 5.75 Å². The number of carbonyl (C=O) groups excluding carboxylic acids is 1. The highest BCUT2D eigenvalue weighted by Crippen LogP contribution is 2.67. The SMILES string of the molecule is C=C(N)NCCCC(N)C(=O)Oc1cc(C)c2c(c1)C[C@@H]1[C@@]3(C)CCCC(C)(C)[C@@H]3CC[C@@]21C. The maximum atomic E-state index is 12.7. The maximum absolute atomic E-state index is 12.7. The zero-order valence-corrected chi connectivity index (χ0v) is 21.9. The molecule has 3 aliphatic carbocycles. The van der Waals surface area contributed by atoms with Gasteiger partial charge in [-0.05, 0) is 109 Å². The zero-order chi connectivity index (χ0) is 24.9. The number of nitrogens with one attached hydrogen (secondary N) is 1. The molecule has 3 aliphatic rings. The van der Waals surface area contributed by atoms with E-state index >= 15 is 0 Å². The molecule has 1 aromatic rings. The molecule has 34 heavy (non-hydrogen) atoms. The summed E-state index contributed by atoms with van der Waals surface area (Å²) in [7, 11) is 0. The molecule has 2 fully saturated rings. The number of benzene rings is 1. The van der Waals surface area contributed by atoms with Crippen molar-refractivity contribution >= 4 is 5.97 Å². The number of nitrogens with two attached hydrogens (primary N) is 2.